The van der Waals surface area contributed by atoms with Gasteiger partial charge in [0.1, 0.15) is 10.9 Å². The molecule has 6 heteroatoms. The van der Waals surface area contributed by atoms with Gasteiger partial charge in [-0.3, -0.25) is 4.79 Å². The van der Waals surface area contributed by atoms with Crippen LogP contribution in [0.2, 0.25) is 0 Å². The van der Waals surface area contributed by atoms with Gasteiger partial charge in [-0.05, 0) is 36.2 Å². The number of hydrogen-bond acceptors (Lipinski definition) is 3. The van der Waals surface area contributed by atoms with E-state index < -0.39 is 5.97 Å². The normalized spacial score (nSPS) is 18.2. The van der Waals surface area contributed by atoms with E-state index in [0.717, 1.165) is 29.7 Å². The Bertz CT molecular complexity index is 574. The molecule has 0 aliphatic heterocycles. The maximum atomic E-state index is 11.5. The third-order valence-corrected chi connectivity index (χ3v) is 5.49. The molecule has 1 aliphatic rings. The second-order valence-corrected chi connectivity index (χ2v) is 7.87. The van der Waals surface area contributed by atoms with Crippen LogP contribution in [0.4, 0.5) is 5.00 Å². The zero-order chi connectivity index (χ0) is 15.8. The Kier molecular flexibility index (Phi) is 4.63. The molecule has 21 heavy (non-hydrogen) atoms. The third-order valence-electron chi connectivity index (χ3n) is 4.08. The molecular formula is C15H20ClNO3S. The Balaban J connectivity index is 2.37. The Labute approximate surface area is 133 Å². The van der Waals surface area contributed by atoms with E-state index in [0.29, 0.717) is 10.9 Å². The van der Waals surface area contributed by atoms with Gasteiger partial charge in [-0.2, -0.15) is 0 Å². The minimum Gasteiger partial charge on any atom is -0.478 e. The first-order chi connectivity index (χ1) is 9.74. The zero-order valence-electron chi connectivity index (χ0n) is 12.5. The number of carboxylic acids is 1. The van der Waals surface area contributed by atoms with Crippen molar-refractivity contribution in [1.82, 2.24) is 0 Å². The molecule has 0 unspecified atom stereocenters. The Hall–Kier alpha value is -1.07. The van der Waals surface area contributed by atoms with Crippen LogP contribution in [0.3, 0.4) is 0 Å². The predicted molar refractivity (Wildman–Crippen MR) is 85.6 cm³/mol. The fraction of sp³-hybridized carbons (Fsp3) is 0.600. The van der Waals surface area contributed by atoms with Gasteiger partial charge in [-0.25, -0.2) is 4.79 Å². The molecule has 1 aromatic rings. The Morgan fingerprint density at radius 1 is 1.43 bits per heavy atom. The molecule has 4 nitrogen and oxygen atoms in total. The summed E-state index contributed by atoms with van der Waals surface area (Å²) in [6.45, 7) is 6.64. The van der Waals surface area contributed by atoms with Gasteiger partial charge in [-0.1, -0.05) is 20.8 Å². The number of anilines is 1. The smallest absolute Gasteiger partial charge is 0.339 e. The van der Waals surface area contributed by atoms with Crippen LogP contribution in [0.1, 0.15) is 48.0 Å². The topological polar surface area (TPSA) is 66.4 Å². The Morgan fingerprint density at radius 3 is 2.62 bits per heavy atom. The second kappa shape index (κ2) is 5.97. The van der Waals surface area contributed by atoms with Crippen molar-refractivity contribution in [2.45, 2.75) is 40.0 Å². The van der Waals surface area contributed by atoms with Crippen LogP contribution in [0.5, 0.6) is 0 Å². The lowest BCUT2D eigenvalue weighted by Crippen LogP contribution is -2.26. The summed E-state index contributed by atoms with van der Waals surface area (Å²) < 4.78 is 0. The first kappa shape index (κ1) is 16.3. The monoisotopic (exact) mass is 329 g/mol. The molecule has 1 amide bonds. The van der Waals surface area contributed by atoms with E-state index in [4.69, 9.17) is 11.6 Å². The maximum Gasteiger partial charge on any atom is 0.339 e. The first-order valence-corrected chi connectivity index (χ1v) is 8.32. The first-order valence-electron chi connectivity index (χ1n) is 6.97. The molecule has 1 atom stereocenters. The van der Waals surface area contributed by atoms with Crippen LogP contribution < -0.4 is 5.32 Å². The lowest BCUT2D eigenvalue weighted by atomic mass is 9.72. The molecule has 0 bridgehead atoms. The fourth-order valence-corrected chi connectivity index (χ4v) is 4.20. The van der Waals surface area contributed by atoms with Crippen molar-refractivity contribution in [3.05, 3.63) is 16.0 Å². The number of halogens is 1. The van der Waals surface area contributed by atoms with Gasteiger partial charge in [0.2, 0.25) is 5.91 Å². The average Bonchev–Trinajstić information content (AvgIpc) is 2.74. The second-order valence-electron chi connectivity index (χ2n) is 6.50. The molecule has 1 aromatic heterocycles. The number of fused-ring (bicyclic) bond motifs is 1. The van der Waals surface area contributed by atoms with E-state index in [1.807, 2.05) is 0 Å². The van der Waals surface area contributed by atoms with Crippen LogP contribution in [0.15, 0.2) is 0 Å². The third kappa shape index (κ3) is 3.40. The molecule has 0 saturated carbocycles. The standard InChI is InChI=1S/C15H20ClNO3S/c1-15(2,3)8-4-5-9-10(6-8)21-13(12(9)14(19)20)17-11(18)7-16/h8H,4-7H2,1-3H3,(H,17,18)(H,19,20)/t8-/m1/s1. The molecule has 116 valence electrons. The summed E-state index contributed by atoms with van der Waals surface area (Å²) in [6.07, 6.45) is 2.61. The van der Waals surface area contributed by atoms with E-state index in [2.05, 4.69) is 26.1 Å². The summed E-state index contributed by atoms with van der Waals surface area (Å²) in [5, 5.41) is 12.5. The number of hydrogen-bond donors (Lipinski definition) is 2. The summed E-state index contributed by atoms with van der Waals surface area (Å²) in [4.78, 5) is 24.1. The molecule has 0 radical (unpaired) electrons. The molecule has 0 spiro atoms. The molecule has 0 saturated heterocycles. The lowest BCUT2D eigenvalue weighted by molar-refractivity contribution is -0.113. The molecule has 1 aliphatic carbocycles. The van der Waals surface area contributed by atoms with E-state index in [1.165, 1.54) is 11.3 Å². The molecular weight excluding hydrogens is 310 g/mol. The van der Waals surface area contributed by atoms with Gasteiger partial charge in [0.15, 0.2) is 0 Å². The number of nitrogens with one attached hydrogen (secondary N) is 1. The van der Waals surface area contributed by atoms with Crippen LogP contribution in [0, 0.1) is 11.3 Å². The van der Waals surface area contributed by atoms with Gasteiger partial charge in [0.25, 0.3) is 0 Å². The average molecular weight is 330 g/mol. The summed E-state index contributed by atoms with van der Waals surface area (Å²) in [6, 6.07) is 0. The molecule has 0 aromatic carbocycles. The van der Waals surface area contributed by atoms with Gasteiger partial charge >= 0.3 is 5.97 Å². The number of amides is 1. The highest BCUT2D eigenvalue weighted by molar-refractivity contribution is 7.17. The largest absolute Gasteiger partial charge is 0.478 e. The highest BCUT2D eigenvalue weighted by Gasteiger charge is 2.33. The summed E-state index contributed by atoms with van der Waals surface area (Å²) >= 11 is 6.87. The lowest BCUT2D eigenvalue weighted by Gasteiger charge is -2.33. The minimum atomic E-state index is -0.980. The van der Waals surface area contributed by atoms with E-state index >= 15 is 0 Å². The number of aromatic carboxylic acids is 1. The maximum absolute atomic E-state index is 11.5. The van der Waals surface area contributed by atoms with Gasteiger partial charge in [0, 0.05) is 4.88 Å². The van der Waals surface area contributed by atoms with Crippen molar-refractivity contribution in [3.8, 4) is 0 Å². The molecule has 0 fully saturated rings. The minimum absolute atomic E-state index is 0.174. The highest BCUT2D eigenvalue weighted by Crippen LogP contribution is 2.44. The van der Waals surface area contributed by atoms with Crippen molar-refractivity contribution in [2.24, 2.45) is 11.3 Å². The van der Waals surface area contributed by atoms with Gasteiger partial charge in [-0.15, -0.1) is 22.9 Å². The number of carbonyl (C=O) groups excluding carboxylic acids is 1. The number of rotatable bonds is 3. The number of alkyl halides is 1. The van der Waals surface area contributed by atoms with Crippen LogP contribution in [-0.4, -0.2) is 22.9 Å². The quantitative estimate of drug-likeness (QED) is 0.829. The number of carbonyl (C=O) groups is 2. The molecule has 1 heterocycles. The Morgan fingerprint density at radius 2 is 2.10 bits per heavy atom. The fourth-order valence-electron chi connectivity index (χ4n) is 2.80. The van der Waals surface area contributed by atoms with Crippen LogP contribution >= 0.6 is 22.9 Å². The van der Waals surface area contributed by atoms with Crippen LogP contribution in [0.25, 0.3) is 0 Å². The predicted octanol–water partition coefficient (Wildman–Crippen LogP) is 3.77. The number of thiophene rings is 1. The SMILES string of the molecule is CC(C)(C)[C@@H]1CCc2c(sc(NC(=O)CCl)c2C(=O)O)C1. The highest BCUT2D eigenvalue weighted by atomic mass is 35.5. The molecule has 2 rings (SSSR count). The molecule has 2 N–H and O–H groups in total. The van der Waals surface area contributed by atoms with E-state index in [-0.39, 0.29) is 22.8 Å². The summed E-state index contributed by atoms with van der Waals surface area (Å²) in [5.74, 6) is -0.995. The van der Waals surface area contributed by atoms with Crippen molar-refractivity contribution >= 4 is 39.8 Å². The van der Waals surface area contributed by atoms with E-state index in [9.17, 15) is 14.7 Å². The number of carboxylic acid groups (broad SMARTS) is 1. The summed E-state index contributed by atoms with van der Waals surface area (Å²) in [7, 11) is 0. The van der Waals surface area contributed by atoms with Crippen molar-refractivity contribution in [3.63, 3.8) is 0 Å². The van der Waals surface area contributed by atoms with E-state index in [1.54, 1.807) is 0 Å². The van der Waals surface area contributed by atoms with Crippen molar-refractivity contribution < 1.29 is 14.7 Å². The van der Waals surface area contributed by atoms with Crippen molar-refractivity contribution in [2.75, 3.05) is 11.2 Å². The van der Waals surface area contributed by atoms with Crippen molar-refractivity contribution in [1.29, 1.82) is 0 Å². The summed E-state index contributed by atoms with van der Waals surface area (Å²) in [5.41, 5.74) is 1.34. The zero-order valence-corrected chi connectivity index (χ0v) is 14.0. The van der Waals surface area contributed by atoms with Gasteiger partial charge < -0.3 is 10.4 Å². The van der Waals surface area contributed by atoms with Gasteiger partial charge in [0.05, 0.1) is 5.56 Å². The van der Waals surface area contributed by atoms with Crippen LogP contribution in [-0.2, 0) is 17.6 Å².